The normalized spacial score (nSPS) is 17.7. The molecule has 2 rings (SSSR count). The third-order valence-electron chi connectivity index (χ3n) is 3.88. The van der Waals surface area contributed by atoms with Gasteiger partial charge in [-0.15, -0.1) is 12.4 Å². The third kappa shape index (κ3) is 5.50. The first-order chi connectivity index (χ1) is 9.97. The Morgan fingerprint density at radius 1 is 1.36 bits per heavy atom. The summed E-state index contributed by atoms with van der Waals surface area (Å²) in [4.78, 5) is 12.3. The first-order valence-electron chi connectivity index (χ1n) is 7.75. The number of benzene rings is 1. The lowest BCUT2D eigenvalue weighted by Crippen LogP contribution is -2.47. The van der Waals surface area contributed by atoms with Crippen molar-refractivity contribution in [3.8, 4) is 5.75 Å². The lowest BCUT2D eigenvalue weighted by molar-refractivity contribution is -0.134. The van der Waals surface area contributed by atoms with E-state index >= 15 is 0 Å². The Morgan fingerprint density at radius 2 is 2.05 bits per heavy atom. The van der Waals surface area contributed by atoms with Gasteiger partial charge >= 0.3 is 0 Å². The van der Waals surface area contributed by atoms with Crippen molar-refractivity contribution < 1.29 is 9.53 Å². The highest BCUT2D eigenvalue weighted by atomic mass is 35.5. The summed E-state index contributed by atoms with van der Waals surface area (Å²) in [7, 11) is 0. The molecule has 22 heavy (non-hydrogen) atoms. The fourth-order valence-electron chi connectivity index (χ4n) is 2.52. The lowest BCUT2D eigenvalue weighted by Gasteiger charge is -2.25. The minimum Gasteiger partial charge on any atom is -0.478 e. The van der Waals surface area contributed by atoms with Crippen LogP contribution in [0.15, 0.2) is 24.3 Å². The number of aryl methyl sites for hydroxylation is 1. The second kappa shape index (κ2) is 8.39. The Balaban J connectivity index is 0.00000242. The molecule has 1 fully saturated rings. The highest BCUT2D eigenvalue weighted by Crippen LogP contribution is 2.19. The number of nitrogens with one attached hydrogen (secondary N) is 2. The SMILES string of the molecule is Cc1ccc(OC(C)(C)C(=O)NCC[C@@H]2CCCN2)cc1.Cl. The molecule has 0 aliphatic carbocycles. The van der Waals surface area contributed by atoms with Crippen molar-refractivity contribution >= 4 is 18.3 Å². The van der Waals surface area contributed by atoms with E-state index in [1.807, 2.05) is 31.2 Å². The molecule has 0 saturated carbocycles. The van der Waals surface area contributed by atoms with Crippen molar-refractivity contribution in [2.45, 2.75) is 51.7 Å². The number of rotatable bonds is 6. The molecule has 1 aliphatic heterocycles. The highest BCUT2D eigenvalue weighted by molar-refractivity contribution is 5.85. The predicted octanol–water partition coefficient (Wildman–Crippen LogP) is 2.83. The van der Waals surface area contributed by atoms with Crippen LogP contribution in [0.25, 0.3) is 0 Å². The second-order valence-corrected chi connectivity index (χ2v) is 6.26. The van der Waals surface area contributed by atoms with Crippen LogP contribution in [0.3, 0.4) is 0 Å². The largest absolute Gasteiger partial charge is 0.478 e. The maximum Gasteiger partial charge on any atom is 0.263 e. The first kappa shape index (κ1) is 18.8. The van der Waals surface area contributed by atoms with E-state index in [9.17, 15) is 4.79 Å². The molecule has 1 aromatic rings. The monoisotopic (exact) mass is 326 g/mol. The van der Waals surface area contributed by atoms with E-state index in [1.54, 1.807) is 13.8 Å². The second-order valence-electron chi connectivity index (χ2n) is 6.26. The number of hydrogen-bond donors (Lipinski definition) is 2. The quantitative estimate of drug-likeness (QED) is 0.845. The summed E-state index contributed by atoms with van der Waals surface area (Å²) in [5.41, 5.74) is 0.312. The maximum absolute atomic E-state index is 12.3. The summed E-state index contributed by atoms with van der Waals surface area (Å²) >= 11 is 0. The van der Waals surface area contributed by atoms with Gasteiger partial charge in [-0.2, -0.15) is 0 Å². The third-order valence-corrected chi connectivity index (χ3v) is 3.88. The van der Waals surface area contributed by atoms with Gasteiger partial charge in [0.1, 0.15) is 5.75 Å². The van der Waals surface area contributed by atoms with Crippen molar-refractivity contribution in [3.63, 3.8) is 0 Å². The van der Waals surface area contributed by atoms with Crippen molar-refractivity contribution in [1.82, 2.24) is 10.6 Å². The van der Waals surface area contributed by atoms with Crippen LogP contribution in [0.2, 0.25) is 0 Å². The van der Waals surface area contributed by atoms with Crippen molar-refractivity contribution in [2.75, 3.05) is 13.1 Å². The van der Waals surface area contributed by atoms with Crippen LogP contribution < -0.4 is 15.4 Å². The minimum absolute atomic E-state index is 0. The average molecular weight is 327 g/mol. The van der Waals surface area contributed by atoms with E-state index in [1.165, 1.54) is 18.4 Å². The van der Waals surface area contributed by atoms with Crippen LogP contribution >= 0.6 is 12.4 Å². The molecule has 4 nitrogen and oxygen atoms in total. The lowest BCUT2D eigenvalue weighted by atomic mass is 10.1. The topological polar surface area (TPSA) is 50.4 Å². The molecule has 0 spiro atoms. The van der Waals surface area contributed by atoms with E-state index < -0.39 is 5.60 Å². The van der Waals surface area contributed by atoms with E-state index in [2.05, 4.69) is 10.6 Å². The number of carbonyl (C=O) groups is 1. The van der Waals surface area contributed by atoms with Crippen LogP contribution in [-0.2, 0) is 4.79 Å². The molecular weight excluding hydrogens is 300 g/mol. The van der Waals surface area contributed by atoms with Gasteiger partial charge in [0, 0.05) is 12.6 Å². The Morgan fingerprint density at radius 3 is 2.64 bits per heavy atom. The molecule has 1 aliphatic rings. The molecule has 0 unspecified atom stereocenters. The smallest absolute Gasteiger partial charge is 0.263 e. The molecule has 1 aromatic carbocycles. The van der Waals surface area contributed by atoms with Crippen molar-refractivity contribution in [2.24, 2.45) is 0 Å². The zero-order valence-corrected chi connectivity index (χ0v) is 14.5. The van der Waals surface area contributed by atoms with Gasteiger partial charge in [0.05, 0.1) is 0 Å². The van der Waals surface area contributed by atoms with Crippen LogP contribution in [0.1, 0.15) is 38.7 Å². The molecule has 0 bridgehead atoms. The fourth-order valence-corrected chi connectivity index (χ4v) is 2.52. The molecule has 5 heteroatoms. The summed E-state index contributed by atoms with van der Waals surface area (Å²) in [6.45, 7) is 7.42. The molecule has 0 aromatic heterocycles. The Bertz CT molecular complexity index is 468. The number of carbonyl (C=O) groups excluding carboxylic acids is 1. The predicted molar refractivity (Wildman–Crippen MR) is 91.8 cm³/mol. The molecule has 1 amide bonds. The Hall–Kier alpha value is -1.26. The van der Waals surface area contributed by atoms with Crippen LogP contribution in [0.4, 0.5) is 0 Å². The average Bonchev–Trinajstić information content (AvgIpc) is 2.94. The Labute approximate surface area is 139 Å². The van der Waals surface area contributed by atoms with Gasteiger partial charge in [-0.3, -0.25) is 4.79 Å². The van der Waals surface area contributed by atoms with Gasteiger partial charge in [-0.05, 0) is 58.7 Å². The van der Waals surface area contributed by atoms with E-state index in [0.717, 1.165) is 18.7 Å². The number of ether oxygens (including phenoxy) is 1. The first-order valence-corrected chi connectivity index (χ1v) is 7.75. The van der Waals surface area contributed by atoms with Gasteiger partial charge in [-0.1, -0.05) is 17.7 Å². The van der Waals surface area contributed by atoms with Gasteiger partial charge in [-0.25, -0.2) is 0 Å². The number of hydrogen-bond acceptors (Lipinski definition) is 3. The molecule has 1 atom stereocenters. The molecule has 1 heterocycles. The van der Waals surface area contributed by atoms with Gasteiger partial charge in [0.2, 0.25) is 0 Å². The minimum atomic E-state index is -0.863. The maximum atomic E-state index is 12.3. The van der Waals surface area contributed by atoms with Gasteiger partial charge < -0.3 is 15.4 Å². The van der Waals surface area contributed by atoms with Crippen LogP contribution in [0.5, 0.6) is 5.75 Å². The summed E-state index contributed by atoms with van der Waals surface area (Å²) in [6.07, 6.45) is 3.42. The summed E-state index contributed by atoms with van der Waals surface area (Å²) in [5, 5.41) is 6.41. The highest BCUT2D eigenvalue weighted by Gasteiger charge is 2.29. The van der Waals surface area contributed by atoms with Crippen molar-refractivity contribution in [1.29, 1.82) is 0 Å². The molecule has 0 radical (unpaired) electrons. The Kier molecular flexibility index (Phi) is 7.17. The summed E-state index contributed by atoms with van der Waals surface area (Å²) < 4.78 is 5.81. The van der Waals surface area contributed by atoms with E-state index in [0.29, 0.717) is 12.6 Å². The standard InChI is InChI=1S/C17H26N2O2.ClH/c1-13-6-8-15(9-7-13)21-17(2,3)16(20)19-12-10-14-5-4-11-18-14;/h6-9,14,18H,4-5,10-12H2,1-3H3,(H,19,20);1H/t14-;/m0./s1. The fraction of sp³-hybridized carbons (Fsp3) is 0.588. The summed E-state index contributed by atoms with van der Waals surface area (Å²) in [6, 6.07) is 8.30. The molecule has 2 N–H and O–H groups in total. The van der Waals surface area contributed by atoms with Crippen molar-refractivity contribution in [3.05, 3.63) is 29.8 Å². The van der Waals surface area contributed by atoms with Gasteiger partial charge in [0.25, 0.3) is 5.91 Å². The van der Waals surface area contributed by atoms with E-state index in [-0.39, 0.29) is 18.3 Å². The van der Waals surface area contributed by atoms with Gasteiger partial charge in [0.15, 0.2) is 5.60 Å². The number of halogens is 1. The number of amides is 1. The summed E-state index contributed by atoms with van der Waals surface area (Å²) in [5.74, 6) is 0.652. The van der Waals surface area contributed by atoms with E-state index in [4.69, 9.17) is 4.74 Å². The zero-order valence-electron chi connectivity index (χ0n) is 13.6. The molecule has 124 valence electrons. The zero-order chi connectivity index (χ0) is 15.3. The molecular formula is C17H27ClN2O2. The van der Waals surface area contributed by atoms with Crippen LogP contribution in [0, 0.1) is 6.92 Å². The molecule has 1 saturated heterocycles. The van der Waals surface area contributed by atoms with Crippen LogP contribution in [-0.4, -0.2) is 30.6 Å².